The lowest BCUT2D eigenvalue weighted by Gasteiger charge is -2.12. The summed E-state index contributed by atoms with van der Waals surface area (Å²) in [6.45, 7) is 0. The molecule has 7 unspecified atom stereocenters. The normalized spacial score (nSPS) is 14.8. The third kappa shape index (κ3) is 37.9. The third-order valence-corrected chi connectivity index (χ3v) is 9.43. The Hall–Kier alpha value is -3.42. The molecule has 0 fully saturated rings. The molecule has 0 aromatic carbocycles. The predicted molar refractivity (Wildman–Crippen MR) is 225 cm³/mol. The minimum Gasteiger partial charge on any atom is -0.472 e. The first-order chi connectivity index (χ1) is 27.4. The Kier molecular flexibility index (Phi) is 35.8. The molecule has 0 spiro atoms. The number of aliphatic hydroxyl groups is 7. The van der Waals surface area contributed by atoms with E-state index in [1.54, 1.807) is 0 Å². The van der Waals surface area contributed by atoms with Crippen molar-refractivity contribution >= 4 is 11.8 Å². The van der Waals surface area contributed by atoms with Crippen molar-refractivity contribution in [3.63, 3.8) is 0 Å². The van der Waals surface area contributed by atoms with Crippen molar-refractivity contribution in [3.8, 4) is 47.9 Å². The standard InChI is InChI=1S/C47H72O10/c1-2-39(48)35-36-44(53)33-24-32-43(52)31-23-30-42(51)29-21-16-15-20-28-41(50)27-19-13-10-12-18-26-40(49)25-17-11-8-6-4-3-5-7-9-14-22-34-45(54)46(55)37-38-47(56)57/h1,12,18,35-36,39-40,42-46,48-49,51-55H,3-11,13-17,19-20,22,24-28,31-34H2,(H,56,57)/b18-12+,36-35+. The van der Waals surface area contributed by atoms with E-state index in [9.17, 15) is 45.3 Å². The number of carboxylic acids is 1. The van der Waals surface area contributed by atoms with Crippen LogP contribution in [0.5, 0.6) is 0 Å². The molecule has 0 aromatic heterocycles. The van der Waals surface area contributed by atoms with Crippen LogP contribution in [-0.2, 0) is 9.59 Å². The molecule has 0 rings (SSSR count). The first-order valence-corrected chi connectivity index (χ1v) is 21.2. The SMILES string of the molecule is C#CC(O)/C=C/C(O)CCCC(O)CC#CC(O)C#CCCCCC(=O)CCCC/C=C/CC(O)CCCCCCCCCCCCCC(O)C(O)C#CC(=O)O. The first-order valence-electron chi connectivity index (χ1n) is 21.2. The van der Waals surface area contributed by atoms with Crippen LogP contribution < -0.4 is 0 Å². The molecule has 0 amide bonds. The lowest BCUT2D eigenvalue weighted by atomic mass is 10.0. The average Bonchev–Trinajstić information content (AvgIpc) is 3.18. The van der Waals surface area contributed by atoms with Crippen molar-refractivity contribution in [3.05, 3.63) is 24.3 Å². The second kappa shape index (κ2) is 38.1. The van der Waals surface area contributed by atoms with Crippen molar-refractivity contribution in [2.24, 2.45) is 0 Å². The second-order valence-corrected chi connectivity index (χ2v) is 14.8. The number of carboxylic acid groups (broad SMARTS) is 1. The zero-order chi connectivity index (χ0) is 42.4. The van der Waals surface area contributed by atoms with Crippen LogP contribution in [0.25, 0.3) is 0 Å². The summed E-state index contributed by atoms with van der Waals surface area (Å²) in [4.78, 5) is 22.6. The number of carbonyl (C=O) groups excluding carboxylic acids is 1. The van der Waals surface area contributed by atoms with Crippen LogP contribution in [0.1, 0.15) is 167 Å². The summed E-state index contributed by atoms with van der Waals surface area (Å²) in [6.07, 6.45) is 27.4. The first kappa shape index (κ1) is 53.6. The number of Topliss-reactive ketones (excluding diaryl/α,β-unsaturated/α-hetero) is 1. The minimum atomic E-state index is -1.32. The van der Waals surface area contributed by atoms with Gasteiger partial charge in [0.05, 0.1) is 24.4 Å². The maximum Gasteiger partial charge on any atom is 0.381 e. The van der Waals surface area contributed by atoms with E-state index in [4.69, 9.17) is 11.5 Å². The lowest BCUT2D eigenvalue weighted by Crippen LogP contribution is -2.24. The molecule has 10 nitrogen and oxygen atoms in total. The highest BCUT2D eigenvalue weighted by atomic mass is 16.4. The van der Waals surface area contributed by atoms with E-state index >= 15 is 0 Å². The fraction of sp³-hybridized carbons (Fsp3) is 0.702. The Morgan fingerprint density at radius 2 is 1.16 bits per heavy atom. The van der Waals surface area contributed by atoms with Gasteiger partial charge >= 0.3 is 5.97 Å². The fourth-order valence-electron chi connectivity index (χ4n) is 5.98. The van der Waals surface area contributed by atoms with Crippen molar-refractivity contribution in [1.29, 1.82) is 0 Å². The number of terminal acetylenes is 1. The topological polar surface area (TPSA) is 196 Å². The summed E-state index contributed by atoms with van der Waals surface area (Å²) < 4.78 is 0. The van der Waals surface area contributed by atoms with Gasteiger partial charge in [0.25, 0.3) is 0 Å². The van der Waals surface area contributed by atoms with E-state index < -0.39 is 42.6 Å². The van der Waals surface area contributed by atoms with Crippen molar-refractivity contribution in [2.75, 3.05) is 0 Å². The van der Waals surface area contributed by atoms with Crippen LogP contribution in [0.3, 0.4) is 0 Å². The van der Waals surface area contributed by atoms with Gasteiger partial charge in [-0.25, -0.2) is 4.79 Å². The summed E-state index contributed by atoms with van der Waals surface area (Å²) in [7, 11) is 0. The van der Waals surface area contributed by atoms with Crippen LogP contribution in [0.15, 0.2) is 24.3 Å². The molecule has 0 saturated heterocycles. The number of aliphatic carboxylic acids is 1. The largest absolute Gasteiger partial charge is 0.472 e. The van der Waals surface area contributed by atoms with E-state index in [-0.39, 0.29) is 18.3 Å². The van der Waals surface area contributed by atoms with Gasteiger partial charge in [-0.2, -0.15) is 0 Å². The molecule has 10 heteroatoms. The molecule has 0 saturated carbocycles. The minimum absolute atomic E-state index is 0.194. The molecule has 57 heavy (non-hydrogen) atoms. The van der Waals surface area contributed by atoms with Gasteiger partial charge in [-0.3, -0.25) is 4.79 Å². The van der Waals surface area contributed by atoms with E-state index in [0.717, 1.165) is 77.0 Å². The van der Waals surface area contributed by atoms with Crippen molar-refractivity contribution in [1.82, 2.24) is 0 Å². The maximum absolute atomic E-state index is 12.2. The zero-order valence-electron chi connectivity index (χ0n) is 34.2. The van der Waals surface area contributed by atoms with Crippen molar-refractivity contribution in [2.45, 2.75) is 210 Å². The summed E-state index contributed by atoms with van der Waals surface area (Å²) in [5.41, 5.74) is 0. The molecule has 0 aliphatic rings. The smallest absolute Gasteiger partial charge is 0.381 e. The second-order valence-electron chi connectivity index (χ2n) is 14.8. The Bertz CT molecular complexity index is 1330. The van der Waals surface area contributed by atoms with Crippen LogP contribution in [0, 0.1) is 47.9 Å². The van der Waals surface area contributed by atoms with Gasteiger partial charge in [0.2, 0.25) is 0 Å². The Labute approximate surface area is 343 Å². The lowest BCUT2D eigenvalue weighted by molar-refractivity contribution is -0.130. The molecule has 0 aromatic rings. The summed E-state index contributed by atoms with van der Waals surface area (Å²) >= 11 is 0. The van der Waals surface area contributed by atoms with Gasteiger partial charge in [0, 0.05) is 31.6 Å². The number of hydrogen-bond acceptors (Lipinski definition) is 9. The zero-order valence-corrected chi connectivity index (χ0v) is 34.2. The van der Waals surface area contributed by atoms with E-state index in [0.29, 0.717) is 51.4 Å². The molecule has 320 valence electrons. The van der Waals surface area contributed by atoms with Crippen molar-refractivity contribution < 1.29 is 50.4 Å². The highest BCUT2D eigenvalue weighted by Crippen LogP contribution is 2.15. The fourth-order valence-corrected chi connectivity index (χ4v) is 5.98. The number of rotatable bonds is 33. The molecule has 0 radical (unpaired) electrons. The molecule has 8 N–H and O–H groups in total. The quantitative estimate of drug-likeness (QED) is 0.0220. The highest BCUT2D eigenvalue weighted by molar-refractivity contribution is 5.86. The molecule has 7 atom stereocenters. The van der Waals surface area contributed by atoms with Crippen LogP contribution in [-0.4, -0.2) is 95.3 Å². The Balaban J connectivity index is 3.68. The molecular formula is C47H72O10. The molecule has 0 bridgehead atoms. The summed E-state index contributed by atoms with van der Waals surface area (Å²) in [6, 6.07) is 0. The number of aliphatic hydroxyl groups excluding tert-OH is 7. The Morgan fingerprint density at radius 1 is 0.579 bits per heavy atom. The third-order valence-electron chi connectivity index (χ3n) is 9.43. The van der Waals surface area contributed by atoms with Gasteiger partial charge < -0.3 is 40.9 Å². The van der Waals surface area contributed by atoms with Gasteiger partial charge in [0.1, 0.15) is 18.0 Å². The molecule has 0 heterocycles. The monoisotopic (exact) mass is 797 g/mol. The van der Waals surface area contributed by atoms with Crippen LogP contribution in [0.4, 0.5) is 0 Å². The maximum atomic E-state index is 12.2. The van der Waals surface area contributed by atoms with Crippen LogP contribution >= 0.6 is 0 Å². The number of carbonyl (C=O) groups is 2. The van der Waals surface area contributed by atoms with Gasteiger partial charge in [-0.05, 0) is 76.7 Å². The van der Waals surface area contributed by atoms with Crippen LogP contribution in [0.2, 0.25) is 0 Å². The predicted octanol–water partition coefficient (Wildman–Crippen LogP) is 6.06. The van der Waals surface area contributed by atoms with Gasteiger partial charge in [0.15, 0.2) is 6.10 Å². The number of unbranched alkanes of at least 4 members (excludes halogenated alkanes) is 14. The van der Waals surface area contributed by atoms with Gasteiger partial charge in [-0.1, -0.05) is 124 Å². The van der Waals surface area contributed by atoms with E-state index in [2.05, 4.69) is 47.7 Å². The highest BCUT2D eigenvalue weighted by Gasteiger charge is 2.13. The molecular weight excluding hydrogens is 725 g/mol. The molecule has 0 aliphatic heterocycles. The number of ketones is 1. The average molecular weight is 797 g/mol. The Morgan fingerprint density at radius 3 is 1.79 bits per heavy atom. The van der Waals surface area contributed by atoms with Gasteiger partial charge in [-0.15, -0.1) is 6.42 Å². The summed E-state index contributed by atoms with van der Waals surface area (Å²) in [5, 5.41) is 77.2. The molecule has 0 aliphatic carbocycles. The summed E-state index contributed by atoms with van der Waals surface area (Å²) in [5.74, 6) is 16.0. The van der Waals surface area contributed by atoms with E-state index in [1.807, 2.05) is 5.92 Å². The van der Waals surface area contributed by atoms with E-state index in [1.165, 1.54) is 44.3 Å². The number of hydrogen-bond donors (Lipinski definition) is 8. The number of allylic oxidation sites excluding steroid dienone is 1.